The molecule has 214 valence electrons. The topological polar surface area (TPSA) is 83.4 Å². The summed E-state index contributed by atoms with van der Waals surface area (Å²) in [7, 11) is 0. The van der Waals surface area contributed by atoms with Crippen LogP contribution in [0.15, 0.2) is 103 Å². The molecule has 0 bridgehead atoms. The van der Waals surface area contributed by atoms with Crippen LogP contribution in [-0.2, 0) is 12.4 Å². The minimum absolute atomic E-state index is 0.0909. The van der Waals surface area contributed by atoms with Crippen LogP contribution >= 0.6 is 0 Å². The van der Waals surface area contributed by atoms with Crippen LogP contribution in [0.4, 0.5) is 37.7 Å². The molecule has 0 aliphatic carbocycles. The number of nitrogens with two attached hydrogens (primary N) is 2. The summed E-state index contributed by atoms with van der Waals surface area (Å²) in [6.45, 7) is 0. The molecule has 11 heteroatoms. The van der Waals surface area contributed by atoms with Crippen molar-refractivity contribution in [2.45, 2.75) is 12.4 Å². The SMILES string of the molecule is Nc1ccc(Oc2ccc(-c3cccc(-c4ccc(Oc5ccc(N)cc5)c(C(F)(F)F)c4)n3)cc2C(F)(F)F)cc1. The van der Waals surface area contributed by atoms with E-state index in [1.807, 2.05) is 0 Å². The number of hydrogen-bond acceptors (Lipinski definition) is 5. The Morgan fingerprint density at radius 1 is 0.500 bits per heavy atom. The van der Waals surface area contributed by atoms with E-state index in [1.165, 1.54) is 78.9 Å². The lowest BCUT2D eigenvalue weighted by Gasteiger charge is -2.16. The summed E-state index contributed by atoms with van der Waals surface area (Å²) in [5, 5.41) is 0. The Balaban J connectivity index is 1.49. The van der Waals surface area contributed by atoms with Gasteiger partial charge in [0.15, 0.2) is 0 Å². The van der Waals surface area contributed by atoms with E-state index in [9.17, 15) is 26.3 Å². The van der Waals surface area contributed by atoms with Crippen molar-refractivity contribution < 1.29 is 35.8 Å². The van der Waals surface area contributed by atoms with E-state index in [0.717, 1.165) is 24.3 Å². The van der Waals surface area contributed by atoms with Gasteiger partial charge in [-0.1, -0.05) is 6.07 Å². The van der Waals surface area contributed by atoms with Gasteiger partial charge in [0, 0.05) is 22.5 Å². The zero-order valence-electron chi connectivity index (χ0n) is 21.5. The fourth-order valence-electron chi connectivity index (χ4n) is 4.08. The number of nitrogens with zero attached hydrogens (tertiary/aromatic N) is 1. The molecule has 0 saturated heterocycles. The molecule has 0 unspecified atom stereocenters. The molecular weight excluding hydrogens is 560 g/mol. The number of rotatable bonds is 6. The highest BCUT2D eigenvalue weighted by molar-refractivity contribution is 5.69. The molecule has 42 heavy (non-hydrogen) atoms. The summed E-state index contributed by atoms with van der Waals surface area (Å²) in [6, 6.07) is 23.0. The maximum absolute atomic E-state index is 14.0. The van der Waals surface area contributed by atoms with Crippen molar-refractivity contribution in [1.82, 2.24) is 4.98 Å². The van der Waals surface area contributed by atoms with Crippen LogP contribution < -0.4 is 20.9 Å². The first kappa shape index (κ1) is 28.3. The van der Waals surface area contributed by atoms with Crippen molar-refractivity contribution >= 4 is 11.4 Å². The first-order chi connectivity index (χ1) is 19.9. The molecular formula is C31H21F6N3O2. The van der Waals surface area contributed by atoms with Gasteiger partial charge in [-0.3, -0.25) is 0 Å². The fraction of sp³-hybridized carbons (Fsp3) is 0.0645. The van der Waals surface area contributed by atoms with Gasteiger partial charge in [0.05, 0.1) is 22.5 Å². The molecule has 0 spiro atoms. The van der Waals surface area contributed by atoms with Gasteiger partial charge in [0.25, 0.3) is 0 Å². The number of alkyl halides is 6. The Hall–Kier alpha value is -5.19. The van der Waals surface area contributed by atoms with E-state index in [4.69, 9.17) is 20.9 Å². The van der Waals surface area contributed by atoms with Gasteiger partial charge in [-0.2, -0.15) is 26.3 Å². The highest BCUT2D eigenvalue weighted by Crippen LogP contribution is 2.42. The lowest BCUT2D eigenvalue weighted by atomic mass is 10.0. The Morgan fingerprint density at radius 3 is 1.24 bits per heavy atom. The number of anilines is 2. The number of hydrogen-bond donors (Lipinski definition) is 2. The van der Waals surface area contributed by atoms with Crippen molar-refractivity contribution in [2.75, 3.05) is 11.5 Å². The van der Waals surface area contributed by atoms with Crippen LogP contribution in [0.25, 0.3) is 22.5 Å². The summed E-state index contributed by atoms with van der Waals surface area (Å²) in [6.07, 6.45) is -9.53. The zero-order chi connectivity index (χ0) is 30.1. The van der Waals surface area contributed by atoms with Crippen molar-refractivity contribution in [2.24, 2.45) is 0 Å². The largest absolute Gasteiger partial charge is 0.457 e. The maximum Gasteiger partial charge on any atom is 0.420 e. The third kappa shape index (κ3) is 6.41. The van der Waals surface area contributed by atoms with E-state index in [0.29, 0.717) is 11.4 Å². The summed E-state index contributed by atoms with van der Waals surface area (Å²) in [4.78, 5) is 4.36. The van der Waals surface area contributed by atoms with Gasteiger partial charge in [-0.15, -0.1) is 0 Å². The average molecular weight is 582 g/mol. The van der Waals surface area contributed by atoms with Gasteiger partial charge < -0.3 is 20.9 Å². The Kier molecular flexibility index (Phi) is 7.42. The monoisotopic (exact) mass is 581 g/mol. The van der Waals surface area contributed by atoms with Crippen molar-refractivity contribution in [1.29, 1.82) is 0 Å². The summed E-state index contributed by atoms with van der Waals surface area (Å²) in [5.41, 5.74) is 10.4. The predicted molar refractivity (Wildman–Crippen MR) is 147 cm³/mol. The lowest BCUT2D eigenvalue weighted by Crippen LogP contribution is -2.08. The van der Waals surface area contributed by atoms with Gasteiger partial charge in [-0.25, -0.2) is 4.98 Å². The van der Waals surface area contributed by atoms with Crippen LogP contribution in [0.2, 0.25) is 0 Å². The molecule has 1 aromatic heterocycles. The van der Waals surface area contributed by atoms with E-state index in [-0.39, 0.29) is 34.0 Å². The van der Waals surface area contributed by atoms with Gasteiger partial charge >= 0.3 is 12.4 Å². The van der Waals surface area contributed by atoms with Crippen LogP contribution in [0.1, 0.15) is 11.1 Å². The molecule has 4 aromatic carbocycles. The van der Waals surface area contributed by atoms with E-state index in [2.05, 4.69) is 4.98 Å². The summed E-state index contributed by atoms with van der Waals surface area (Å²) in [5.74, 6) is -0.545. The van der Waals surface area contributed by atoms with E-state index >= 15 is 0 Å². The molecule has 5 nitrogen and oxygen atoms in total. The van der Waals surface area contributed by atoms with Crippen molar-refractivity contribution in [3.8, 4) is 45.5 Å². The number of pyridine rings is 1. The lowest BCUT2D eigenvalue weighted by molar-refractivity contribution is -0.139. The van der Waals surface area contributed by atoms with Crippen LogP contribution in [0.3, 0.4) is 0 Å². The number of benzene rings is 4. The quantitative estimate of drug-likeness (QED) is 0.154. The van der Waals surface area contributed by atoms with Crippen LogP contribution in [0, 0.1) is 0 Å². The molecule has 5 rings (SSSR count). The van der Waals surface area contributed by atoms with E-state index < -0.39 is 35.0 Å². The molecule has 0 saturated carbocycles. The summed E-state index contributed by atoms with van der Waals surface area (Å²) < 4.78 is 94.8. The fourth-order valence-corrected chi connectivity index (χ4v) is 4.08. The van der Waals surface area contributed by atoms with Crippen molar-refractivity contribution in [3.05, 3.63) is 114 Å². The Labute approximate surface area is 236 Å². The molecule has 4 N–H and O–H groups in total. The second kappa shape index (κ2) is 11.0. The molecule has 0 fully saturated rings. The van der Waals surface area contributed by atoms with Crippen LogP contribution in [-0.4, -0.2) is 4.98 Å². The first-order valence-corrected chi connectivity index (χ1v) is 12.3. The second-order valence-corrected chi connectivity index (χ2v) is 9.17. The molecule has 5 aromatic rings. The second-order valence-electron chi connectivity index (χ2n) is 9.17. The first-order valence-electron chi connectivity index (χ1n) is 12.3. The molecule has 0 aliphatic rings. The standard InChI is InChI=1S/C31H21F6N3O2/c32-30(33,34)24-16-18(4-14-28(24)41-22-10-6-20(38)7-11-22)26-2-1-3-27(40-26)19-5-15-29(25(17-19)31(35,36)37)42-23-12-8-21(39)9-13-23/h1-17H,38-39H2. The van der Waals surface area contributed by atoms with Gasteiger partial charge in [0.2, 0.25) is 0 Å². The normalized spacial score (nSPS) is 11.8. The minimum Gasteiger partial charge on any atom is -0.457 e. The molecule has 0 radical (unpaired) electrons. The molecule has 0 aliphatic heterocycles. The number of nitrogen functional groups attached to an aromatic ring is 2. The number of ether oxygens (including phenoxy) is 2. The average Bonchev–Trinajstić information content (AvgIpc) is 2.95. The molecule has 0 atom stereocenters. The zero-order valence-corrected chi connectivity index (χ0v) is 21.5. The minimum atomic E-state index is -4.77. The van der Waals surface area contributed by atoms with Crippen molar-refractivity contribution in [3.63, 3.8) is 0 Å². The smallest absolute Gasteiger partial charge is 0.420 e. The van der Waals surface area contributed by atoms with E-state index in [1.54, 1.807) is 0 Å². The predicted octanol–water partition coefficient (Wildman–Crippen LogP) is 9.20. The molecule has 0 amide bonds. The third-order valence-corrected chi connectivity index (χ3v) is 6.13. The van der Waals surface area contributed by atoms with Gasteiger partial charge in [0.1, 0.15) is 23.0 Å². The van der Waals surface area contributed by atoms with Crippen LogP contribution in [0.5, 0.6) is 23.0 Å². The molecule has 1 heterocycles. The highest BCUT2D eigenvalue weighted by atomic mass is 19.4. The Morgan fingerprint density at radius 2 is 0.881 bits per heavy atom. The van der Waals surface area contributed by atoms with Gasteiger partial charge in [-0.05, 0) is 97.1 Å². The Bertz CT molecular complexity index is 1590. The third-order valence-electron chi connectivity index (χ3n) is 6.13. The maximum atomic E-state index is 14.0. The number of aromatic nitrogens is 1. The summed E-state index contributed by atoms with van der Waals surface area (Å²) >= 11 is 0. The number of halogens is 6. The highest BCUT2D eigenvalue weighted by Gasteiger charge is 2.36.